The summed E-state index contributed by atoms with van der Waals surface area (Å²) in [6.45, 7) is 0. The predicted octanol–water partition coefficient (Wildman–Crippen LogP) is 2.09. The number of nitrogens with one attached hydrogen (secondary N) is 1. The number of aromatic amines is 1. The summed E-state index contributed by atoms with van der Waals surface area (Å²) in [5, 5.41) is 0.658. The molecule has 72 valence electrons. The fraction of sp³-hybridized carbons (Fsp3) is 0.100. The van der Waals surface area contributed by atoms with Crippen LogP contribution in [0, 0.1) is 5.82 Å². The largest absolute Gasteiger partial charge is 0.465 e. The molecule has 0 unspecified atom stereocenters. The summed E-state index contributed by atoms with van der Waals surface area (Å²) in [5.41, 5.74) is 0.620. The summed E-state index contributed by atoms with van der Waals surface area (Å²) in [5.74, 6) is -0.986. The molecule has 1 N–H and O–H groups in total. The highest BCUT2D eigenvalue weighted by atomic mass is 19.1. The lowest BCUT2D eigenvalue weighted by molar-refractivity contribution is 0.0600. The van der Waals surface area contributed by atoms with E-state index in [0.717, 1.165) is 6.07 Å². The smallest absolute Gasteiger partial charge is 0.337 e. The standard InChI is InChI=1S/C10H8FNO2/c1-14-10(13)7-4-6-2-3-12-9(6)8(11)5-7/h2-5,12H,1H3. The van der Waals surface area contributed by atoms with Crippen molar-refractivity contribution in [2.24, 2.45) is 0 Å². The van der Waals surface area contributed by atoms with Crippen LogP contribution in [0.3, 0.4) is 0 Å². The van der Waals surface area contributed by atoms with Crippen molar-refractivity contribution in [3.8, 4) is 0 Å². The topological polar surface area (TPSA) is 42.1 Å². The highest BCUT2D eigenvalue weighted by molar-refractivity contribution is 5.94. The second kappa shape index (κ2) is 3.14. The van der Waals surface area contributed by atoms with Gasteiger partial charge in [-0.3, -0.25) is 0 Å². The second-order valence-electron chi connectivity index (χ2n) is 2.89. The van der Waals surface area contributed by atoms with Crippen molar-refractivity contribution in [3.63, 3.8) is 0 Å². The minimum atomic E-state index is -0.535. The van der Waals surface area contributed by atoms with Crippen LogP contribution in [0.4, 0.5) is 4.39 Å². The van der Waals surface area contributed by atoms with Crippen LogP contribution in [0.2, 0.25) is 0 Å². The molecule has 14 heavy (non-hydrogen) atoms. The lowest BCUT2D eigenvalue weighted by Gasteiger charge is -2.00. The zero-order valence-electron chi connectivity index (χ0n) is 7.50. The second-order valence-corrected chi connectivity index (χ2v) is 2.89. The first-order chi connectivity index (χ1) is 6.72. The predicted molar refractivity (Wildman–Crippen MR) is 49.6 cm³/mol. The van der Waals surface area contributed by atoms with E-state index >= 15 is 0 Å². The monoisotopic (exact) mass is 193 g/mol. The van der Waals surface area contributed by atoms with Crippen molar-refractivity contribution >= 4 is 16.9 Å². The number of esters is 1. The lowest BCUT2D eigenvalue weighted by atomic mass is 10.1. The van der Waals surface area contributed by atoms with Gasteiger partial charge in [-0.1, -0.05) is 0 Å². The third-order valence-corrected chi connectivity index (χ3v) is 2.03. The number of carbonyl (C=O) groups excluding carboxylic acids is 1. The molecule has 3 nitrogen and oxygen atoms in total. The van der Waals surface area contributed by atoms with Gasteiger partial charge in [-0.05, 0) is 18.2 Å². The van der Waals surface area contributed by atoms with Crippen molar-refractivity contribution < 1.29 is 13.9 Å². The van der Waals surface area contributed by atoms with E-state index in [0.29, 0.717) is 10.9 Å². The summed E-state index contributed by atoms with van der Waals surface area (Å²) in [7, 11) is 1.27. The van der Waals surface area contributed by atoms with Gasteiger partial charge in [-0.25, -0.2) is 9.18 Å². The first kappa shape index (κ1) is 8.74. The summed E-state index contributed by atoms with van der Waals surface area (Å²) in [6, 6.07) is 4.44. The number of fused-ring (bicyclic) bond motifs is 1. The van der Waals surface area contributed by atoms with E-state index in [1.54, 1.807) is 18.3 Å². The molecule has 0 aliphatic rings. The molecule has 0 saturated heterocycles. The summed E-state index contributed by atoms with van der Waals surface area (Å²) in [6.07, 6.45) is 1.62. The van der Waals surface area contributed by atoms with Crippen molar-refractivity contribution in [1.82, 2.24) is 4.98 Å². The molecule has 0 aliphatic heterocycles. The quantitative estimate of drug-likeness (QED) is 0.704. The van der Waals surface area contributed by atoms with Crippen molar-refractivity contribution in [2.75, 3.05) is 7.11 Å². The Labute approximate surface area is 79.5 Å². The van der Waals surface area contributed by atoms with E-state index in [-0.39, 0.29) is 5.56 Å². The number of hydrogen-bond acceptors (Lipinski definition) is 2. The molecule has 1 aromatic heterocycles. The summed E-state index contributed by atoms with van der Waals surface area (Å²) >= 11 is 0. The van der Waals surface area contributed by atoms with Crippen LogP contribution in [-0.4, -0.2) is 18.1 Å². The maximum absolute atomic E-state index is 13.3. The van der Waals surface area contributed by atoms with Crippen molar-refractivity contribution in [2.45, 2.75) is 0 Å². The Morgan fingerprint density at radius 2 is 2.29 bits per heavy atom. The Kier molecular flexibility index (Phi) is 1.96. The molecule has 0 atom stereocenters. The molecular weight excluding hydrogens is 185 g/mol. The maximum Gasteiger partial charge on any atom is 0.337 e. The van der Waals surface area contributed by atoms with Crippen LogP contribution in [0.1, 0.15) is 10.4 Å². The number of benzene rings is 1. The average Bonchev–Trinajstić information content (AvgIpc) is 2.64. The Bertz CT molecular complexity index is 490. The Morgan fingerprint density at radius 3 is 3.00 bits per heavy atom. The molecule has 1 heterocycles. The maximum atomic E-state index is 13.3. The summed E-state index contributed by atoms with van der Waals surface area (Å²) < 4.78 is 17.8. The zero-order chi connectivity index (χ0) is 10.1. The van der Waals surface area contributed by atoms with Crippen LogP contribution in [-0.2, 0) is 4.74 Å². The van der Waals surface area contributed by atoms with Crippen molar-refractivity contribution in [3.05, 3.63) is 35.8 Å². The fourth-order valence-electron chi connectivity index (χ4n) is 1.36. The molecule has 0 bridgehead atoms. The number of H-pyrrole nitrogens is 1. The number of halogens is 1. The molecule has 0 spiro atoms. The van der Waals surface area contributed by atoms with E-state index in [1.807, 2.05) is 0 Å². The van der Waals surface area contributed by atoms with Gasteiger partial charge in [-0.2, -0.15) is 0 Å². The molecule has 0 radical (unpaired) electrons. The van der Waals surface area contributed by atoms with Crippen LogP contribution in [0.25, 0.3) is 10.9 Å². The van der Waals surface area contributed by atoms with Crippen LogP contribution in [0.5, 0.6) is 0 Å². The van der Waals surface area contributed by atoms with Gasteiger partial charge < -0.3 is 9.72 Å². The molecule has 1 aromatic carbocycles. The van der Waals surface area contributed by atoms with Crippen LogP contribution >= 0.6 is 0 Å². The first-order valence-corrected chi connectivity index (χ1v) is 4.07. The molecule has 0 amide bonds. The van der Waals surface area contributed by atoms with Gasteiger partial charge in [0.25, 0.3) is 0 Å². The SMILES string of the molecule is COC(=O)c1cc(F)c2[nH]ccc2c1. The third kappa shape index (κ3) is 1.25. The van der Waals surface area contributed by atoms with Crippen molar-refractivity contribution in [1.29, 1.82) is 0 Å². The highest BCUT2D eigenvalue weighted by Gasteiger charge is 2.10. The Balaban J connectivity index is 2.64. The highest BCUT2D eigenvalue weighted by Crippen LogP contribution is 2.18. The van der Waals surface area contributed by atoms with Crippen LogP contribution < -0.4 is 0 Å². The van der Waals surface area contributed by atoms with E-state index < -0.39 is 11.8 Å². The van der Waals surface area contributed by atoms with E-state index in [9.17, 15) is 9.18 Å². The number of carbonyl (C=O) groups is 1. The number of ether oxygens (including phenoxy) is 1. The van der Waals surface area contributed by atoms with E-state index in [1.165, 1.54) is 7.11 Å². The molecule has 0 fully saturated rings. The number of methoxy groups -OCH3 is 1. The van der Waals surface area contributed by atoms with E-state index in [2.05, 4.69) is 9.72 Å². The van der Waals surface area contributed by atoms with Gasteiger partial charge in [0.2, 0.25) is 0 Å². The Hall–Kier alpha value is -1.84. The van der Waals surface area contributed by atoms with Gasteiger partial charge in [0.1, 0.15) is 5.82 Å². The fourth-order valence-corrected chi connectivity index (χ4v) is 1.36. The minimum Gasteiger partial charge on any atom is -0.465 e. The van der Waals surface area contributed by atoms with Gasteiger partial charge in [-0.15, -0.1) is 0 Å². The summed E-state index contributed by atoms with van der Waals surface area (Å²) in [4.78, 5) is 13.9. The average molecular weight is 193 g/mol. The minimum absolute atomic E-state index is 0.220. The molecule has 2 aromatic rings. The van der Waals surface area contributed by atoms with Crippen LogP contribution in [0.15, 0.2) is 24.4 Å². The van der Waals surface area contributed by atoms with E-state index in [4.69, 9.17) is 0 Å². The zero-order valence-corrected chi connectivity index (χ0v) is 7.50. The number of aromatic nitrogens is 1. The van der Waals surface area contributed by atoms with Gasteiger partial charge >= 0.3 is 5.97 Å². The normalized spacial score (nSPS) is 10.4. The molecule has 0 aliphatic carbocycles. The molecule has 2 rings (SSSR count). The first-order valence-electron chi connectivity index (χ1n) is 4.07. The number of rotatable bonds is 1. The van der Waals surface area contributed by atoms with Gasteiger partial charge in [0, 0.05) is 11.6 Å². The van der Waals surface area contributed by atoms with Gasteiger partial charge in [0.05, 0.1) is 18.2 Å². The lowest BCUT2D eigenvalue weighted by Crippen LogP contribution is -2.01. The Morgan fingerprint density at radius 1 is 1.50 bits per heavy atom. The van der Waals surface area contributed by atoms with Gasteiger partial charge in [0.15, 0.2) is 0 Å². The molecular formula is C10H8FNO2. The number of hydrogen-bond donors (Lipinski definition) is 1. The molecule has 4 heteroatoms. The third-order valence-electron chi connectivity index (χ3n) is 2.03. The molecule has 0 saturated carbocycles.